The van der Waals surface area contributed by atoms with Gasteiger partial charge in [0, 0.05) is 22.9 Å². The normalized spacial score (nSPS) is 46.4. The SMILES string of the molecule is CN1CC[C@]23c4c5ccc(O)c4O[C@@]2([Si])[C@](O)([Si])C=C[C@H]3[C@H]1C5. The number of likely N-dealkylation sites (N-methyl/N-ethyl adjacent to an activating group) is 1. The molecule has 1 aromatic rings. The van der Waals surface area contributed by atoms with E-state index < -0.39 is 15.9 Å². The molecule has 2 bridgehead atoms. The molecule has 4 aliphatic rings. The van der Waals surface area contributed by atoms with Crippen molar-refractivity contribution < 1.29 is 14.9 Å². The van der Waals surface area contributed by atoms with E-state index in [2.05, 4.69) is 38.5 Å². The number of rotatable bonds is 0. The van der Waals surface area contributed by atoms with Gasteiger partial charge in [-0.15, -0.1) is 0 Å². The highest BCUT2D eigenvalue weighted by molar-refractivity contribution is 6.28. The second-order valence-corrected chi connectivity index (χ2v) is 8.82. The largest absolute Gasteiger partial charge is 0.504 e. The number of aromatic hydroxyl groups is 1. The van der Waals surface area contributed by atoms with Crippen LogP contribution in [0.15, 0.2) is 24.3 Å². The Morgan fingerprint density at radius 1 is 1.35 bits per heavy atom. The molecule has 5 atom stereocenters. The van der Waals surface area contributed by atoms with E-state index in [0.717, 1.165) is 24.9 Å². The van der Waals surface area contributed by atoms with Crippen LogP contribution in [0.4, 0.5) is 0 Å². The minimum absolute atomic E-state index is 0.142. The van der Waals surface area contributed by atoms with Gasteiger partial charge in [-0.25, -0.2) is 0 Å². The molecule has 2 heterocycles. The molecule has 2 aliphatic carbocycles. The molecule has 1 spiro atoms. The van der Waals surface area contributed by atoms with Crippen molar-refractivity contribution in [2.24, 2.45) is 5.92 Å². The van der Waals surface area contributed by atoms with Crippen LogP contribution in [0.1, 0.15) is 17.5 Å². The lowest BCUT2D eigenvalue weighted by Crippen LogP contribution is -2.75. The van der Waals surface area contributed by atoms with Gasteiger partial charge in [0.05, 0.1) is 25.7 Å². The van der Waals surface area contributed by atoms with E-state index in [9.17, 15) is 10.2 Å². The zero-order chi connectivity index (χ0) is 16.2. The predicted molar refractivity (Wildman–Crippen MR) is 87.0 cm³/mol. The van der Waals surface area contributed by atoms with E-state index in [1.807, 2.05) is 6.07 Å². The minimum Gasteiger partial charge on any atom is -0.504 e. The topological polar surface area (TPSA) is 52.9 Å². The number of benzene rings is 1. The van der Waals surface area contributed by atoms with Crippen LogP contribution in [-0.4, -0.2) is 65.7 Å². The van der Waals surface area contributed by atoms with Crippen LogP contribution in [0, 0.1) is 5.92 Å². The summed E-state index contributed by atoms with van der Waals surface area (Å²) in [5.74, 6) is 0.889. The van der Waals surface area contributed by atoms with Crippen molar-refractivity contribution in [3.8, 4) is 11.5 Å². The van der Waals surface area contributed by atoms with E-state index in [0.29, 0.717) is 11.8 Å². The van der Waals surface area contributed by atoms with E-state index in [1.54, 1.807) is 12.1 Å². The van der Waals surface area contributed by atoms with Crippen LogP contribution < -0.4 is 4.74 Å². The molecule has 0 unspecified atom stereocenters. The van der Waals surface area contributed by atoms with E-state index in [4.69, 9.17) is 4.74 Å². The Labute approximate surface area is 142 Å². The molecule has 4 nitrogen and oxygen atoms in total. The maximum Gasteiger partial charge on any atom is 0.165 e. The number of ether oxygens (including phenoxy) is 1. The average Bonchev–Trinajstić information content (AvgIpc) is 2.78. The van der Waals surface area contributed by atoms with Gasteiger partial charge in [0.2, 0.25) is 0 Å². The summed E-state index contributed by atoms with van der Waals surface area (Å²) in [7, 11) is 9.51. The fourth-order valence-corrected chi connectivity index (χ4v) is 6.34. The maximum atomic E-state index is 11.0. The van der Waals surface area contributed by atoms with Gasteiger partial charge in [-0.1, -0.05) is 18.2 Å². The Morgan fingerprint density at radius 2 is 2.13 bits per heavy atom. The lowest BCUT2D eigenvalue weighted by molar-refractivity contribution is -0.0889. The van der Waals surface area contributed by atoms with Gasteiger partial charge in [-0.2, -0.15) is 0 Å². The molecule has 23 heavy (non-hydrogen) atoms. The molecule has 0 saturated carbocycles. The Balaban J connectivity index is 1.90. The monoisotopic (exact) mass is 339 g/mol. The number of phenols is 1. The first kappa shape index (κ1) is 14.3. The molecule has 1 fully saturated rings. The van der Waals surface area contributed by atoms with E-state index >= 15 is 0 Å². The quantitative estimate of drug-likeness (QED) is 0.523. The Hall–Kier alpha value is -1.09. The Kier molecular flexibility index (Phi) is 2.44. The molecule has 0 aromatic heterocycles. The summed E-state index contributed by atoms with van der Waals surface area (Å²) in [6.45, 7) is 0.932. The molecule has 6 heteroatoms. The average molecular weight is 339 g/mol. The zero-order valence-electron chi connectivity index (χ0n) is 12.8. The second-order valence-electron chi connectivity index (χ2n) is 7.36. The first-order valence-corrected chi connectivity index (χ1v) is 8.98. The van der Waals surface area contributed by atoms with Gasteiger partial charge in [0.1, 0.15) is 5.22 Å². The van der Waals surface area contributed by atoms with Gasteiger partial charge in [0.15, 0.2) is 11.5 Å². The number of likely N-dealkylation sites (tertiary alicyclic amines) is 1. The smallest absolute Gasteiger partial charge is 0.165 e. The Morgan fingerprint density at radius 3 is 2.91 bits per heavy atom. The lowest BCUT2D eigenvalue weighted by Gasteiger charge is -2.62. The van der Waals surface area contributed by atoms with Crippen molar-refractivity contribution >= 4 is 20.5 Å². The summed E-state index contributed by atoms with van der Waals surface area (Å²) in [5.41, 5.74) is 1.89. The van der Waals surface area contributed by atoms with E-state index in [1.165, 1.54) is 5.56 Å². The third kappa shape index (κ3) is 1.33. The lowest BCUT2D eigenvalue weighted by atomic mass is 9.52. The summed E-state index contributed by atoms with van der Waals surface area (Å²) in [6.07, 6.45) is 5.69. The highest BCUT2D eigenvalue weighted by Crippen LogP contribution is 2.66. The highest BCUT2D eigenvalue weighted by atomic mass is 28.2. The van der Waals surface area contributed by atoms with Crippen molar-refractivity contribution in [3.05, 3.63) is 35.4 Å². The molecule has 0 amide bonds. The number of hydrogen-bond donors (Lipinski definition) is 2. The summed E-state index contributed by atoms with van der Waals surface area (Å²) in [5, 5.41) is 19.0. The zero-order valence-corrected chi connectivity index (χ0v) is 14.8. The Bertz CT molecular complexity index is 764. The van der Waals surface area contributed by atoms with Gasteiger partial charge in [0.25, 0.3) is 0 Å². The number of nitrogens with zero attached hydrogens (tertiary/aromatic N) is 1. The van der Waals surface area contributed by atoms with Gasteiger partial charge in [-0.05, 0) is 38.1 Å². The van der Waals surface area contributed by atoms with Gasteiger partial charge >= 0.3 is 0 Å². The molecule has 2 N–H and O–H groups in total. The predicted octanol–water partition coefficient (Wildman–Crippen LogP) is 0.190. The molecule has 1 saturated heterocycles. The molecule has 6 radical (unpaired) electrons. The summed E-state index contributed by atoms with van der Waals surface area (Å²) >= 11 is 0. The van der Waals surface area contributed by atoms with Crippen molar-refractivity contribution in [1.82, 2.24) is 4.90 Å². The number of hydrogen-bond acceptors (Lipinski definition) is 4. The van der Waals surface area contributed by atoms with E-state index in [-0.39, 0.29) is 11.7 Å². The van der Waals surface area contributed by atoms with Crippen molar-refractivity contribution in [2.45, 2.75) is 34.7 Å². The molecule has 2 aliphatic heterocycles. The first-order chi connectivity index (χ1) is 10.8. The van der Waals surface area contributed by atoms with Crippen molar-refractivity contribution in [1.29, 1.82) is 0 Å². The van der Waals surface area contributed by atoms with Crippen LogP contribution in [0.3, 0.4) is 0 Å². The third-order valence-corrected chi connectivity index (χ3v) is 8.17. The molecule has 5 rings (SSSR count). The van der Waals surface area contributed by atoms with Crippen molar-refractivity contribution in [3.63, 3.8) is 0 Å². The third-order valence-electron chi connectivity index (χ3n) is 6.47. The second kappa shape index (κ2) is 3.93. The van der Waals surface area contributed by atoms with Gasteiger partial charge < -0.3 is 19.8 Å². The maximum absolute atomic E-state index is 11.0. The number of phenolic OH excluding ortho intramolecular Hbond substituents is 1. The summed E-state index contributed by atoms with van der Waals surface area (Å²) in [4.78, 5) is 2.40. The van der Waals surface area contributed by atoms with Crippen LogP contribution in [0.5, 0.6) is 11.5 Å². The van der Waals surface area contributed by atoms with Gasteiger partial charge in [-0.3, -0.25) is 0 Å². The van der Waals surface area contributed by atoms with Crippen LogP contribution in [0.2, 0.25) is 0 Å². The van der Waals surface area contributed by atoms with Crippen LogP contribution in [-0.2, 0) is 11.8 Å². The summed E-state index contributed by atoms with van der Waals surface area (Å²) in [6, 6.07) is 4.07. The number of piperidine rings is 1. The fraction of sp³-hybridized carbons (Fsp3) is 0.529. The van der Waals surface area contributed by atoms with Crippen LogP contribution in [0.25, 0.3) is 0 Å². The molecule has 116 valence electrons. The standard InChI is InChI=1S/C17H17NO3Si2/c1-18-7-6-15-10-4-5-16(20,22)17(15,23)21-14-12(19)3-2-9(13(14)15)8-11(10)18/h2-5,10-11,19-20H,6-8H2,1H3/t10-,11+,15-,16+,17-/m0/s1. The minimum atomic E-state index is -1.35. The highest BCUT2D eigenvalue weighted by Gasteiger charge is 2.72. The summed E-state index contributed by atoms with van der Waals surface area (Å²) < 4.78 is 6.24. The number of aliphatic hydroxyl groups is 1. The molecule has 1 aromatic carbocycles. The molecular weight excluding hydrogens is 322 g/mol. The van der Waals surface area contributed by atoms with Crippen LogP contribution >= 0.6 is 0 Å². The first-order valence-electron chi connectivity index (χ1n) is 7.98. The fourth-order valence-electron chi connectivity index (χ4n) is 5.36. The van der Waals surface area contributed by atoms with Crippen molar-refractivity contribution in [2.75, 3.05) is 13.6 Å². The molecular formula is C17H17NO3Si2.